The Morgan fingerprint density at radius 3 is 2.81 bits per heavy atom. The molecule has 0 unspecified atom stereocenters. The number of hydrogen-bond acceptors (Lipinski definition) is 6. The summed E-state index contributed by atoms with van der Waals surface area (Å²) in [6.45, 7) is 6.00. The van der Waals surface area contributed by atoms with Crippen LogP contribution in [0.2, 0.25) is 0 Å². The minimum absolute atomic E-state index is 0.177. The lowest BCUT2D eigenvalue weighted by molar-refractivity contribution is 0.0949. The summed E-state index contributed by atoms with van der Waals surface area (Å²) in [7, 11) is 1.83. The zero-order valence-electron chi connectivity index (χ0n) is 15.5. The molecule has 0 aliphatic heterocycles. The van der Waals surface area contributed by atoms with Crippen molar-refractivity contribution >= 4 is 28.3 Å². The Hall–Kier alpha value is -3.00. The quantitative estimate of drug-likeness (QED) is 0.584. The number of nitrogens with one attached hydrogen (secondary N) is 1. The third kappa shape index (κ3) is 3.23. The van der Waals surface area contributed by atoms with E-state index in [1.54, 1.807) is 22.1 Å². The van der Waals surface area contributed by atoms with Gasteiger partial charge in [0.2, 0.25) is 0 Å². The molecule has 0 bridgehead atoms. The van der Waals surface area contributed by atoms with E-state index in [0.717, 1.165) is 27.5 Å². The van der Waals surface area contributed by atoms with E-state index in [-0.39, 0.29) is 5.91 Å². The largest absolute Gasteiger partial charge is 0.458 e. The van der Waals surface area contributed by atoms with Crippen LogP contribution in [0, 0.1) is 20.8 Å². The molecule has 0 atom stereocenters. The maximum absolute atomic E-state index is 12.8. The molecule has 1 N–H and O–H groups in total. The first kappa shape index (κ1) is 17.4. The standard InChI is InChI=1S/C19H19N5O2S/c1-10-7-14(17-11(2)23-24(4)18(17)21-10)19(25)20-8-13-5-6-16(26-13)15-9-27-12(3)22-15/h5-7,9H,8H2,1-4H3,(H,20,25). The second kappa shape index (κ2) is 6.62. The van der Waals surface area contributed by atoms with Crippen molar-refractivity contribution in [3.63, 3.8) is 0 Å². The number of thiazole rings is 1. The van der Waals surface area contributed by atoms with E-state index < -0.39 is 0 Å². The summed E-state index contributed by atoms with van der Waals surface area (Å²) in [5, 5.41) is 11.0. The zero-order chi connectivity index (χ0) is 19.1. The Kier molecular flexibility index (Phi) is 4.27. The van der Waals surface area contributed by atoms with Gasteiger partial charge in [0.15, 0.2) is 11.4 Å². The second-order valence-electron chi connectivity index (χ2n) is 6.42. The van der Waals surface area contributed by atoms with Gasteiger partial charge in [0.1, 0.15) is 11.5 Å². The van der Waals surface area contributed by atoms with Crippen LogP contribution in [-0.2, 0) is 13.6 Å². The first-order valence-electron chi connectivity index (χ1n) is 8.52. The van der Waals surface area contributed by atoms with Crippen LogP contribution in [0.1, 0.15) is 32.5 Å². The fourth-order valence-electron chi connectivity index (χ4n) is 3.10. The Labute approximate surface area is 160 Å². The number of hydrogen-bond donors (Lipinski definition) is 1. The highest BCUT2D eigenvalue weighted by Crippen LogP contribution is 2.24. The van der Waals surface area contributed by atoms with Gasteiger partial charge in [0, 0.05) is 18.1 Å². The van der Waals surface area contributed by atoms with Crippen LogP contribution in [-0.4, -0.2) is 25.7 Å². The molecule has 0 saturated heterocycles. The lowest BCUT2D eigenvalue weighted by Gasteiger charge is -2.07. The van der Waals surface area contributed by atoms with Gasteiger partial charge in [-0.3, -0.25) is 9.48 Å². The molecule has 0 radical (unpaired) electrons. The van der Waals surface area contributed by atoms with Crippen molar-refractivity contribution in [2.45, 2.75) is 27.3 Å². The van der Waals surface area contributed by atoms with E-state index in [0.29, 0.717) is 29.3 Å². The number of pyridine rings is 1. The van der Waals surface area contributed by atoms with Crippen molar-refractivity contribution < 1.29 is 9.21 Å². The first-order valence-corrected chi connectivity index (χ1v) is 9.40. The SMILES string of the molecule is Cc1cc(C(=O)NCc2ccc(-c3csc(C)n3)o2)c2c(C)nn(C)c2n1. The van der Waals surface area contributed by atoms with Crippen LogP contribution in [0.4, 0.5) is 0 Å². The summed E-state index contributed by atoms with van der Waals surface area (Å²) < 4.78 is 7.51. The number of fused-ring (bicyclic) bond motifs is 1. The molecule has 0 aliphatic carbocycles. The van der Waals surface area contributed by atoms with Gasteiger partial charge in [-0.1, -0.05) is 0 Å². The van der Waals surface area contributed by atoms with E-state index in [4.69, 9.17) is 4.42 Å². The lowest BCUT2D eigenvalue weighted by Crippen LogP contribution is -2.23. The molecule has 0 saturated carbocycles. The monoisotopic (exact) mass is 381 g/mol. The minimum Gasteiger partial charge on any atom is -0.458 e. The van der Waals surface area contributed by atoms with Crippen LogP contribution in [0.15, 0.2) is 28.0 Å². The van der Waals surface area contributed by atoms with E-state index in [1.807, 2.05) is 45.3 Å². The number of nitrogens with zero attached hydrogens (tertiary/aromatic N) is 4. The predicted octanol–water partition coefficient (Wildman–Crippen LogP) is 3.54. The molecule has 0 aliphatic rings. The van der Waals surface area contributed by atoms with Gasteiger partial charge in [-0.05, 0) is 39.0 Å². The molecular formula is C19H19N5O2S. The smallest absolute Gasteiger partial charge is 0.252 e. The number of carbonyl (C=O) groups is 1. The van der Waals surface area contributed by atoms with Crippen molar-refractivity contribution in [1.29, 1.82) is 0 Å². The third-order valence-corrected chi connectivity index (χ3v) is 5.07. The number of carbonyl (C=O) groups excluding carboxylic acids is 1. The maximum atomic E-state index is 12.8. The molecule has 27 heavy (non-hydrogen) atoms. The molecule has 138 valence electrons. The Balaban J connectivity index is 1.55. The molecule has 8 heteroatoms. The molecular weight excluding hydrogens is 362 g/mol. The second-order valence-corrected chi connectivity index (χ2v) is 7.48. The van der Waals surface area contributed by atoms with Gasteiger partial charge in [-0.2, -0.15) is 5.10 Å². The van der Waals surface area contributed by atoms with Gasteiger partial charge < -0.3 is 9.73 Å². The summed E-state index contributed by atoms with van der Waals surface area (Å²) in [6, 6.07) is 5.51. The summed E-state index contributed by atoms with van der Waals surface area (Å²) in [5.41, 5.74) is 3.65. The highest BCUT2D eigenvalue weighted by atomic mass is 32.1. The van der Waals surface area contributed by atoms with Gasteiger partial charge in [-0.25, -0.2) is 9.97 Å². The van der Waals surface area contributed by atoms with Crippen molar-refractivity contribution in [3.8, 4) is 11.5 Å². The number of furan rings is 1. The molecule has 0 fully saturated rings. The van der Waals surface area contributed by atoms with Crippen molar-refractivity contribution in [2.24, 2.45) is 7.05 Å². The first-order chi connectivity index (χ1) is 12.9. The highest BCUT2D eigenvalue weighted by molar-refractivity contribution is 7.09. The van der Waals surface area contributed by atoms with Crippen molar-refractivity contribution in [2.75, 3.05) is 0 Å². The van der Waals surface area contributed by atoms with E-state index in [9.17, 15) is 4.79 Å². The molecule has 4 aromatic heterocycles. The summed E-state index contributed by atoms with van der Waals surface area (Å²) >= 11 is 1.58. The van der Waals surface area contributed by atoms with E-state index in [2.05, 4.69) is 20.4 Å². The van der Waals surface area contributed by atoms with Gasteiger partial charge >= 0.3 is 0 Å². The fourth-order valence-corrected chi connectivity index (χ4v) is 3.70. The third-order valence-electron chi connectivity index (χ3n) is 4.30. The van der Waals surface area contributed by atoms with Crippen LogP contribution >= 0.6 is 11.3 Å². The summed E-state index contributed by atoms with van der Waals surface area (Å²) in [4.78, 5) is 21.7. The molecule has 0 aromatic carbocycles. The molecule has 7 nitrogen and oxygen atoms in total. The fraction of sp³-hybridized carbons (Fsp3) is 0.263. The van der Waals surface area contributed by atoms with Crippen LogP contribution in [0.5, 0.6) is 0 Å². The summed E-state index contributed by atoms with van der Waals surface area (Å²) in [5.74, 6) is 1.20. The average Bonchev–Trinajstić information content (AvgIpc) is 3.32. The Morgan fingerprint density at radius 2 is 2.07 bits per heavy atom. The van der Waals surface area contributed by atoms with Crippen LogP contribution in [0.3, 0.4) is 0 Å². The average molecular weight is 381 g/mol. The van der Waals surface area contributed by atoms with Gasteiger partial charge in [0.25, 0.3) is 5.91 Å². The predicted molar refractivity (Wildman–Crippen MR) is 104 cm³/mol. The number of aryl methyl sites for hydroxylation is 4. The van der Waals surface area contributed by atoms with E-state index >= 15 is 0 Å². The van der Waals surface area contributed by atoms with E-state index in [1.165, 1.54) is 0 Å². The number of rotatable bonds is 4. The molecule has 4 heterocycles. The van der Waals surface area contributed by atoms with Crippen LogP contribution in [0.25, 0.3) is 22.5 Å². The lowest BCUT2D eigenvalue weighted by atomic mass is 10.1. The Morgan fingerprint density at radius 1 is 1.26 bits per heavy atom. The normalized spacial score (nSPS) is 11.3. The molecule has 0 spiro atoms. The van der Waals surface area contributed by atoms with Crippen LogP contribution < -0.4 is 5.32 Å². The molecule has 1 amide bonds. The highest BCUT2D eigenvalue weighted by Gasteiger charge is 2.18. The maximum Gasteiger partial charge on any atom is 0.252 e. The van der Waals surface area contributed by atoms with Gasteiger partial charge in [-0.15, -0.1) is 11.3 Å². The topological polar surface area (TPSA) is 85.8 Å². The van der Waals surface area contributed by atoms with Gasteiger partial charge in [0.05, 0.1) is 28.2 Å². The Bertz CT molecular complexity index is 1150. The molecule has 4 aromatic rings. The number of aromatic nitrogens is 4. The zero-order valence-corrected chi connectivity index (χ0v) is 16.3. The number of amides is 1. The molecule has 4 rings (SSSR count). The minimum atomic E-state index is -0.177. The summed E-state index contributed by atoms with van der Waals surface area (Å²) in [6.07, 6.45) is 0. The van der Waals surface area contributed by atoms with Crippen molar-refractivity contribution in [3.05, 3.63) is 51.3 Å². The van der Waals surface area contributed by atoms with Crippen molar-refractivity contribution in [1.82, 2.24) is 25.1 Å².